The quantitative estimate of drug-likeness (QED) is 0.877. The monoisotopic (exact) mass is 251 g/mol. The molecule has 0 spiro atoms. The van der Waals surface area contributed by atoms with Crippen molar-refractivity contribution in [3.05, 3.63) is 35.6 Å². The Hall–Kier alpha value is -1.38. The van der Waals surface area contributed by atoms with Crippen molar-refractivity contribution in [2.24, 2.45) is 5.41 Å². The van der Waals surface area contributed by atoms with Crippen molar-refractivity contribution in [3.8, 4) is 0 Å². The van der Waals surface area contributed by atoms with E-state index in [1.54, 1.807) is 12.1 Å². The van der Waals surface area contributed by atoms with Gasteiger partial charge in [0.25, 0.3) is 0 Å². The van der Waals surface area contributed by atoms with Crippen LogP contribution in [0.15, 0.2) is 24.3 Å². The second-order valence-electron chi connectivity index (χ2n) is 6.30. The van der Waals surface area contributed by atoms with Gasteiger partial charge in [-0.1, -0.05) is 52.8 Å². The second-order valence-corrected chi connectivity index (χ2v) is 6.30. The smallest absolute Gasteiger partial charge is 0.225 e. The Kier molecular flexibility index (Phi) is 4.15. The lowest BCUT2D eigenvalue weighted by molar-refractivity contribution is -0.128. The summed E-state index contributed by atoms with van der Waals surface area (Å²) in [7, 11) is 0. The molecule has 0 aliphatic rings. The normalized spacial score (nSPS) is 12.3. The van der Waals surface area contributed by atoms with E-state index in [0.29, 0.717) is 12.1 Å². The number of rotatable bonds is 3. The standard InChI is InChI=1S/C15H22FNO/c1-14(2,3)13(18)17-10-15(4,5)11-8-6-7-9-12(11)16/h6-9H,10H2,1-5H3,(H,17,18). The van der Waals surface area contributed by atoms with Gasteiger partial charge in [0, 0.05) is 17.4 Å². The van der Waals surface area contributed by atoms with Gasteiger partial charge in [-0.25, -0.2) is 4.39 Å². The lowest BCUT2D eigenvalue weighted by Crippen LogP contribution is -2.42. The van der Waals surface area contributed by atoms with Crippen LogP contribution in [0.4, 0.5) is 4.39 Å². The second kappa shape index (κ2) is 5.09. The SMILES string of the molecule is CC(C)(C)C(=O)NCC(C)(C)c1ccccc1F. The average molecular weight is 251 g/mol. The number of nitrogens with one attached hydrogen (secondary N) is 1. The molecule has 1 N–H and O–H groups in total. The summed E-state index contributed by atoms with van der Waals surface area (Å²) >= 11 is 0. The predicted octanol–water partition coefficient (Wildman–Crippen LogP) is 3.27. The van der Waals surface area contributed by atoms with E-state index in [0.717, 1.165) is 0 Å². The highest BCUT2D eigenvalue weighted by Crippen LogP contribution is 2.25. The topological polar surface area (TPSA) is 29.1 Å². The van der Waals surface area contributed by atoms with E-state index in [2.05, 4.69) is 5.32 Å². The molecule has 2 nitrogen and oxygen atoms in total. The first kappa shape index (κ1) is 14.7. The first-order valence-corrected chi connectivity index (χ1v) is 6.18. The van der Waals surface area contributed by atoms with Crippen LogP contribution in [0, 0.1) is 11.2 Å². The minimum Gasteiger partial charge on any atom is -0.355 e. The van der Waals surface area contributed by atoms with E-state index in [-0.39, 0.29) is 11.7 Å². The van der Waals surface area contributed by atoms with Crippen molar-refractivity contribution in [1.82, 2.24) is 5.32 Å². The molecule has 0 fully saturated rings. The number of carbonyl (C=O) groups is 1. The maximum Gasteiger partial charge on any atom is 0.225 e. The van der Waals surface area contributed by atoms with Crippen LogP contribution in [0.25, 0.3) is 0 Å². The van der Waals surface area contributed by atoms with Crippen molar-refractivity contribution in [2.45, 2.75) is 40.0 Å². The third-order valence-electron chi connectivity index (χ3n) is 2.98. The van der Waals surface area contributed by atoms with Gasteiger partial charge in [-0.2, -0.15) is 0 Å². The van der Waals surface area contributed by atoms with Crippen LogP contribution in [-0.4, -0.2) is 12.5 Å². The van der Waals surface area contributed by atoms with Gasteiger partial charge in [0.15, 0.2) is 0 Å². The van der Waals surface area contributed by atoms with E-state index in [1.807, 2.05) is 40.7 Å². The maximum absolute atomic E-state index is 13.7. The molecule has 0 unspecified atom stereocenters. The van der Waals surface area contributed by atoms with Gasteiger partial charge in [0.2, 0.25) is 5.91 Å². The number of benzene rings is 1. The van der Waals surface area contributed by atoms with Gasteiger partial charge in [-0.05, 0) is 11.6 Å². The Morgan fingerprint density at radius 1 is 1.17 bits per heavy atom. The molecular formula is C15H22FNO. The van der Waals surface area contributed by atoms with Gasteiger partial charge in [-0.3, -0.25) is 4.79 Å². The van der Waals surface area contributed by atoms with Crippen LogP contribution in [0.1, 0.15) is 40.2 Å². The van der Waals surface area contributed by atoms with Crippen molar-refractivity contribution >= 4 is 5.91 Å². The van der Waals surface area contributed by atoms with Gasteiger partial charge >= 0.3 is 0 Å². The van der Waals surface area contributed by atoms with Gasteiger partial charge in [0.1, 0.15) is 5.82 Å². The zero-order chi connectivity index (χ0) is 14.0. The summed E-state index contributed by atoms with van der Waals surface area (Å²) in [5.41, 5.74) is -0.225. The maximum atomic E-state index is 13.7. The molecule has 0 saturated carbocycles. The zero-order valence-electron chi connectivity index (χ0n) is 11.8. The average Bonchev–Trinajstić information content (AvgIpc) is 2.25. The number of hydrogen-bond donors (Lipinski definition) is 1. The molecule has 0 radical (unpaired) electrons. The van der Waals surface area contributed by atoms with E-state index >= 15 is 0 Å². The Labute approximate surface area is 109 Å². The number of amides is 1. The summed E-state index contributed by atoms with van der Waals surface area (Å²) in [6, 6.07) is 6.69. The number of carbonyl (C=O) groups excluding carboxylic acids is 1. The predicted molar refractivity (Wildman–Crippen MR) is 71.9 cm³/mol. The highest BCUT2D eigenvalue weighted by Gasteiger charge is 2.27. The molecule has 1 aromatic rings. The van der Waals surface area contributed by atoms with Crippen molar-refractivity contribution in [1.29, 1.82) is 0 Å². The molecule has 1 aromatic carbocycles. The summed E-state index contributed by atoms with van der Waals surface area (Å²) in [6.45, 7) is 9.85. The van der Waals surface area contributed by atoms with Crippen LogP contribution in [0.2, 0.25) is 0 Å². The summed E-state index contributed by atoms with van der Waals surface area (Å²) in [4.78, 5) is 11.8. The molecule has 3 heteroatoms. The summed E-state index contributed by atoms with van der Waals surface area (Å²) in [5.74, 6) is -0.251. The van der Waals surface area contributed by atoms with Gasteiger partial charge < -0.3 is 5.32 Å². The summed E-state index contributed by atoms with van der Waals surface area (Å²) in [5, 5.41) is 2.88. The zero-order valence-corrected chi connectivity index (χ0v) is 11.8. The van der Waals surface area contributed by atoms with Crippen LogP contribution < -0.4 is 5.32 Å². The molecule has 0 aliphatic heterocycles. The van der Waals surface area contributed by atoms with E-state index < -0.39 is 10.8 Å². The van der Waals surface area contributed by atoms with E-state index in [1.165, 1.54) is 6.07 Å². The van der Waals surface area contributed by atoms with Crippen molar-refractivity contribution in [3.63, 3.8) is 0 Å². The molecule has 1 amide bonds. The van der Waals surface area contributed by atoms with Crippen LogP contribution in [-0.2, 0) is 10.2 Å². The fourth-order valence-electron chi connectivity index (χ4n) is 1.67. The molecule has 0 atom stereocenters. The van der Waals surface area contributed by atoms with E-state index in [4.69, 9.17) is 0 Å². The fraction of sp³-hybridized carbons (Fsp3) is 0.533. The molecule has 0 aliphatic carbocycles. The van der Waals surface area contributed by atoms with Gasteiger partial charge in [-0.15, -0.1) is 0 Å². The fourth-order valence-corrected chi connectivity index (χ4v) is 1.67. The highest BCUT2D eigenvalue weighted by molar-refractivity contribution is 5.81. The van der Waals surface area contributed by atoms with Crippen molar-refractivity contribution < 1.29 is 9.18 Å². The molecule has 18 heavy (non-hydrogen) atoms. The third-order valence-corrected chi connectivity index (χ3v) is 2.98. The lowest BCUT2D eigenvalue weighted by Gasteiger charge is -2.28. The molecule has 1 rings (SSSR count). The first-order chi connectivity index (χ1) is 8.14. The first-order valence-electron chi connectivity index (χ1n) is 6.18. The Morgan fingerprint density at radius 3 is 2.22 bits per heavy atom. The van der Waals surface area contributed by atoms with Crippen molar-refractivity contribution in [2.75, 3.05) is 6.54 Å². The summed E-state index contributed by atoms with van der Waals surface area (Å²) < 4.78 is 13.7. The Bertz CT molecular complexity index is 432. The molecule has 0 bridgehead atoms. The Morgan fingerprint density at radius 2 is 1.72 bits per heavy atom. The molecule has 0 aromatic heterocycles. The number of hydrogen-bond acceptors (Lipinski definition) is 1. The van der Waals surface area contributed by atoms with Gasteiger partial charge in [0.05, 0.1) is 0 Å². The summed E-state index contributed by atoms with van der Waals surface area (Å²) in [6.07, 6.45) is 0. The van der Waals surface area contributed by atoms with Crippen LogP contribution in [0.3, 0.4) is 0 Å². The lowest BCUT2D eigenvalue weighted by atomic mass is 9.83. The highest BCUT2D eigenvalue weighted by atomic mass is 19.1. The van der Waals surface area contributed by atoms with Crippen LogP contribution in [0.5, 0.6) is 0 Å². The minimum atomic E-state index is -0.425. The Balaban J connectivity index is 2.78. The molecule has 100 valence electrons. The third kappa shape index (κ3) is 3.56. The van der Waals surface area contributed by atoms with E-state index in [9.17, 15) is 9.18 Å². The number of halogens is 1. The molecular weight excluding hydrogens is 229 g/mol. The largest absolute Gasteiger partial charge is 0.355 e. The molecule has 0 heterocycles. The van der Waals surface area contributed by atoms with Crippen LogP contribution >= 0.6 is 0 Å². The minimum absolute atomic E-state index is 0.0214. The molecule has 0 saturated heterocycles.